The van der Waals surface area contributed by atoms with Gasteiger partial charge in [0.05, 0.1) is 12.7 Å². The van der Waals surface area contributed by atoms with Crippen LogP contribution in [0.1, 0.15) is 30.9 Å². The third-order valence-corrected chi connectivity index (χ3v) is 4.35. The first-order valence-corrected chi connectivity index (χ1v) is 7.29. The predicted molar refractivity (Wildman–Crippen MR) is 75.4 cm³/mol. The van der Waals surface area contributed by atoms with Crippen molar-refractivity contribution in [1.29, 1.82) is 0 Å². The molecule has 1 aliphatic rings. The Bertz CT molecular complexity index is 386. The average Bonchev–Trinajstić information content (AvgIpc) is 2.39. The Morgan fingerprint density at radius 1 is 1.33 bits per heavy atom. The molecule has 2 N–H and O–H groups in total. The highest BCUT2D eigenvalue weighted by atomic mass is 79.9. The summed E-state index contributed by atoms with van der Waals surface area (Å²) in [5, 5.41) is 19.7. The summed E-state index contributed by atoms with van der Waals surface area (Å²) in [6, 6.07) is 7.96. The van der Waals surface area contributed by atoms with Crippen molar-refractivity contribution >= 4 is 15.9 Å². The van der Waals surface area contributed by atoms with Crippen molar-refractivity contribution in [3.8, 4) is 0 Å². The molecule has 1 unspecified atom stereocenters. The smallest absolute Gasteiger partial charge is 0.0927 e. The minimum atomic E-state index is -0.507. The van der Waals surface area contributed by atoms with Crippen LogP contribution in [-0.2, 0) is 0 Å². The van der Waals surface area contributed by atoms with Gasteiger partial charge < -0.3 is 10.2 Å². The lowest BCUT2D eigenvalue weighted by Gasteiger charge is -2.36. The molecule has 1 fully saturated rings. The molecule has 1 aromatic rings. The maximum Gasteiger partial charge on any atom is 0.0927 e. The molecule has 0 spiro atoms. The number of piperidine rings is 1. The number of aliphatic hydroxyl groups excluding tert-OH is 2. The van der Waals surface area contributed by atoms with E-state index >= 15 is 0 Å². The summed E-state index contributed by atoms with van der Waals surface area (Å²) in [4.78, 5) is 2.20. The topological polar surface area (TPSA) is 43.7 Å². The normalized spacial score (nSPS) is 22.9. The number of β-amino-alcohol motifs (C(OH)–C–C–N with tert-alkyl or cyclic N) is 1. The quantitative estimate of drug-likeness (QED) is 0.896. The van der Waals surface area contributed by atoms with Crippen molar-refractivity contribution in [2.24, 2.45) is 0 Å². The van der Waals surface area contributed by atoms with Gasteiger partial charge in [0.2, 0.25) is 0 Å². The molecule has 100 valence electrons. The zero-order valence-electron chi connectivity index (χ0n) is 10.4. The van der Waals surface area contributed by atoms with E-state index < -0.39 is 6.10 Å². The molecule has 2 rings (SSSR count). The molecule has 1 aromatic carbocycles. The fraction of sp³-hybridized carbons (Fsp3) is 0.571. The number of aliphatic hydroxyl groups is 2. The van der Waals surface area contributed by atoms with Crippen LogP contribution in [0.5, 0.6) is 0 Å². The van der Waals surface area contributed by atoms with Crippen molar-refractivity contribution < 1.29 is 10.2 Å². The number of rotatable bonds is 4. The SMILES string of the molecule is OC[C@H]1CCCCN1CC(O)c1ccccc1Br. The second-order valence-electron chi connectivity index (χ2n) is 4.86. The molecule has 0 bridgehead atoms. The monoisotopic (exact) mass is 313 g/mol. The summed E-state index contributed by atoms with van der Waals surface area (Å²) in [6.07, 6.45) is 2.85. The van der Waals surface area contributed by atoms with E-state index in [2.05, 4.69) is 20.8 Å². The van der Waals surface area contributed by atoms with Crippen LogP contribution in [0.3, 0.4) is 0 Å². The molecule has 4 heteroatoms. The first-order valence-electron chi connectivity index (χ1n) is 6.49. The highest BCUT2D eigenvalue weighted by Crippen LogP contribution is 2.26. The maximum atomic E-state index is 10.3. The van der Waals surface area contributed by atoms with E-state index in [0.29, 0.717) is 6.54 Å². The van der Waals surface area contributed by atoms with E-state index in [1.165, 1.54) is 6.42 Å². The molecule has 0 aromatic heterocycles. The predicted octanol–water partition coefficient (Wildman–Crippen LogP) is 2.33. The highest BCUT2D eigenvalue weighted by Gasteiger charge is 2.24. The lowest BCUT2D eigenvalue weighted by Crippen LogP contribution is -2.43. The summed E-state index contributed by atoms with van der Waals surface area (Å²) in [7, 11) is 0. The summed E-state index contributed by atoms with van der Waals surface area (Å²) < 4.78 is 0.940. The van der Waals surface area contributed by atoms with Crippen LogP contribution in [0.2, 0.25) is 0 Å². The molecule has 18 heavy (non-hydrogen) atoms. The molecule has 2 atom stereocenters. The van der Waals surface area contributed by atoms with Gasteiger partial charge in [0.25, 0.3) is 0 Å². The minimum absolute atomic E-state index is 0.183. The maximum absolute atomic E-state index is 10.3. The number of hydrogen-bond acceptors (Lipinski definition) is 3. The van der Waals surface area contributed by atoms with Gasteiger partial charge in [-0.2, -0.15) is 0 Å². The van der Waals surface area contributed by atoms with Gasteiger partial charge in [0.15, 0.2) is 0 Å². The second-order valence-corrected chi connectivity index (χ2v) is 5.72. The second kappa shape index (κ2) is 6.66. The van der Waals surface area contributed by atoms with E-state index in [0.717, 1.165) is 29.4 Å². The third-order valence-electron chi connectivity index (χ3n) is 3.63. The molecular formula is C14H20BrNO2. The van der Waals surface area contributed by atoms with E-state index in [-0.39, 0.29) is 12.6 Å². The van der Waals surface area contributed by atoms with Crippen molar-refractivity contribution in [2.45, 2.75) is 31.4 Å². The molecule has 1 heterocycles. The first-order chi connectivity index (χ1) is 8.72. The van der Waals surface area contributed by atoms with Gasteiger partial charge in [0.1, 0.15) is 0 Å². The zero-order valence-corrected chi connectivity index (χ0v) is 12.0. The van der Waals surface area contributed by atoms with Crippen LogP contribution >= 0.6 is 15.9 Å². The Morgan fingerprint density at radius 3 is 2.83 bits per heavy atom. The van der Waals surface area contributed by atoms with Crippen LogP contribution in [0, 0.1) is 0 Å². The summed E-state index contributed by atoms with van der Waals surface area (Å²) in [5.74, 6) is 0. The summed E-state index contributed by atoms with van der Waals surface area (Å²) in [6.45, 7) is 1.74. The summed E-state index contributed by atoms with van der Waals surface area (Å²) >= 11 is 3.47. The van der Waals surface area contributed by atoms with Crippen molar-refractivity contribution in [3.05, 3.63) is 34.3 Å². The molecule has 0 radical (unpaired) electrons. The lowest BCUT2D eigenvalue weighted by atomic mass is 10.0. The molecule has 0 amide bonds. The number of benzene rings is 1. The molecule has 0 saturated carbocycles. The van der Waals surface area contributed by atoms with Crippen molar-refractivity contribution in [2.75, 3.05) is 19.7 Å². The van der Waals surface area contributed by atoms with Crippen LogP contribution in [0.15, 0.2) is 28.7 Å². The Hall–Kier alpha value is -0.420. The number of likely N-dealkylation sites (tertiary alicyclic amines) is 1. The molecule has 1 saturated heterocycles. The molecule has 3 nitrogen and oxygen atoms in total. The van der Waals surface area contributed by atoms with Crippen LogP contribution in [0.25, 0.3) is 0 Å². The van der Waals surface area contributed by atoms with Gasteiger partial charge in [-0.25, -0.2) is 0 Å². The fourth-order valence-electron chi connectivity index (χ4n) is 2.57. The fourth-order valence-corrected chi connectivity index (χ4v) is 3.12. The van der Waals surface area contributed by atoms with Gasteiger partial charge in [-0.3, -0.25) is 4.90 Å². The summed E-state index contributed by atoms with van der Waals surface area (Å²) in [5.41, 5.74) is 0.916. The van der Waals surface area contributed by atoms with Gasteiger partial charge in [0, 0.05) is 17.1 Å². The largest absolute Gasteiger partial charge is 0.395 e. The van der Waals surface area contributed by atoms with Crippen LogP contribution in [0.4, 0.5) is 0 Å². The van der Waals surface area contributed by atoms with Crippen LogP contribution in [-0.4, -0.2) is 40.9 Å². The van der Waals surface area contributed by atoms with Crippen molar-refractivity contribution in [3.63, 3.8) is 0 Å². The zero-order chi connectivity index (χ0) is 13.0. The standard InChI is InChI=1S/C14H20BrNO2/c15-13-7-2-1-6-12(13)14(18)9-16-8-4-3-5-11(16)10-17/h1-2,6-7,11,14,17-18H,3-5,8-10H2/t11-,14?/m1/s1. The van der Waals surface area contributed by atoms with E-state index in [4.69, 9.17) is 0 Å². The molecular weight excluding hydrogens is 294 g/mol. The average molecular weight is 314 g/mol. The van der Waals surface area contributed by atoms with E-state index in [1.807, 2.05) is 24.3 Å². The Morgan fingerprint density at radius 2 is 2.11 bits per heavy atom. The number of nitrogens with zero attached hydrogens (tertiary/aromatic N) is 1. The minimum Gasteiger partial charge on any atom is -0.395 e. The Labute approximate surface area is 117 Å². The Kier molecular flexibility index (Phi) is 5.18. The van der Waals surface area contributed by atoms with Gasteiger partial charge >= 0.3 is 0 Å². The van der Waals surface area contributed by atoms with E-state index in [9.17, 15) is 10.2 Å². The van der Waals surface area contributed by atoms with Crippen LogP contribution < -0.4 is 0 Å². The highest BCUT2D eigenvalue weighted by molar-refractivity contribution is 9.10. The number of halogens is 1. The van der Waals surface area contributed by atoms with Crippen molar-refractivity contribution in [1.82, 2.24) is 4.90 Å². The first kappa shape index (κ1) is 14.0. The van der Waals surface area contributed by atoms with E-state index in [1.54, 1.807) is 0 Å². The Balaban J connectivity index is 2.02. The molecule has 1 aliphatic heterocycles. The third kappa shape index (κ3) is 3.32. The van der Waals surface area contributed by atoms with Gasteiger partial charge in [-0.15, -0.1) is 0 Å². The molecule has 0 aliphatic carbocycles. The number of hydrogen-bond donors (Lipinski definition) is 2. The van der Waals surface area contributed by atoms with Gasteiger partial charge in [-0.1, -0.05) is 40.5 Å². The van der Waals surface area contributed by atoms with Gasteiger partial charge in [-0.05, 0) is 31.0 Å². The lowest BCUT2D eigenvalue weighted by molar-refractivity contribution is 0.0415.